The van der Waals surface area contributed by atoms with Crippen molar-refractivity contribution in [2.75, 3.05) is 53.5 Å². The third-order valence-electron chi connectivity index (χ3n) is 11.1. The zero-order chi connectivity index (χ0) is 40.3. The fourth-order valence-electron chi connectivity index (χ4n) is 7.57. The second kappa shape index (κ2) is 34.6. The van der Waals surface area contributed by atoms with E-state index in [9.17, 15) is 9.59 Å². The van der Waals surface area contributed by atoms with Gasteiger partial charge < -0.3 is 19.3 Å². The molecule has 0 aromatic heterocycles. The Morgan fingerprint density at radius 2 is 0.732 bits per heavy atom. The van der Waals surface area contributed by atoms with E-state index in [-0.39, 0.29) is 24.8 Å². The number of ether oxygens (including phenoxy) is 2. The molecule has 0 aliphatic heterocycles. The molecule has 0 bridgehead atoms. The molecule has 0 unspecified atom stereocenters. The molecule has 0 aliphatic rings. The van der Waals surface area contributed by atoms with E-state index in [0.717, 1.165) is 61.3 Å². The number of nitrogens with zero attached hydrogens (tertiary/aromatic N) is 2. The van der Waals surface area contributed by atoms with Gasteiger partial charge in [0.1, 0.15) is 13.2 Å². The maximum atomic E-state index is 12.7. The largest absolute Gasteiger partial charge is 0.369 e. The first-order valence-corrected chi connectivity index (χ1v) is 23.2. The van der Waals surface area contributed by atoms with Gasteiger partial charge in [0.2, 0.25) is 0 Å². The highest BCUT2D eigenvalue weighted by Crippen LogP contribution is 2.28. The molecule has 2 aromatic carbocycles. The normalized spacial score (nSPS) is 11.6. The first-order chi connectivity index (χ1) is 27.4. The number of Topliss-reactive ketones (excluding diaryl/α,β-unsaturated/α-hetero) is 2. The number of unbranched alkanes of at least 4 members (excludes halogenated alkanes) is 18. The van der Waals surface area contributed by atoms with Crippen LogP contribution in [0.25, 0.3) is 11.1 Å². The fourth-order valence-corrected chi connectivity index (χ4v) is 7.57. The van der Waals surface area contributed by atoms with Gasteiger partial charge in [-0.2, -0.15) is 0 Å². The van der Waals surface area contributed by atoms with Gasteiger partial charge in [0.05, 0.1) is 13.2 Å². The van der Waals surface area contributed by atoms with E-state index in [0.29, 0.717) is 26.1 Å². The van der Waals surface area contributed by atoms with Crippen molar-refractivity contribution in [3.05, 3.63) is 59.7 Å². The Morgan fingerprint density at radius 3 is 1.09 bits per heavy atom. The number of carbonyl (C=O) groups excluding carboxylic acids is 2. The molecule has 2 rings (SSSR count). The average molecular weight is 777 g/mol. The Labute approximate surface area is 344 Å². The van der Waals surface area contributed by atoms with Crippen LogP contribution in [0, 0.1) is 0 Å². The molecular weight excluding hydrogens is 693 g/mol. The number of hydrogen-bond acceptors (Lipinski definition) is 6. The highest BCUT2D eigenvalue weighted by molar-refractivity contribution is 5.80. The molecule has 0 saturated carbocycles. The summed E-state index contributed by atoms with van der Waals surface area (Å²) in [4.78, 5) is 30.1. The van der Waals surface area contributed by atoms with E-state index in [1.807, 2.05) is 24.3 Å². The van der Waals surface area contributed by atoms with Crippen molar-refractivity contribution in [2.24, 2.45) is 0 Å². The summed E-state index contributed by atoms with van der Waals surface area (Å²) in [5, 5.41) is 0. The van der Waals surface area contributed by atoms with E-state index >= 15 is 0 Å². The molecule has 0 radical (unpaired) electrons. The monoisotopic (exact) mass is 777 g/mol. The van der Waals surface area contributed by atoms with Gasteiger partial charge in [-0.1, -0.05) is 178 Å². The molecular formula is C50H84N2O4. The second-order valence-corrected chi connectivity index (χ2v) is 16.6. The number of carbonyl (C=O) groups is 2. The SMILES string of the molecule is CCCCCCCCCCCCN(C)CCCC(=O)COCc1ccccc1-c1ccccc1COCC(=O)CCCN(C)CCCCCCCCCCCC. The van der Waals surface area contributed by atoms with Crippen LogP contribution in [0.5, 0.6) is 0 Å². The number of benzene rings is 2. The highest BCUT2D eigenvalue weighted by Gasteiger charge is 2.12. The Bertz CT molecular complexity index is 1150. The minimum atomic E-state index is 0.137. The second-order valence-electron chi connectivity index (χ2n) is 16.6. The molecule has 0 aliphatic carbocycles. The topological polar surface area (TPSA) is 59.1 Å². The van der Waals surface area contributed by atoms with Gasteiger partial charge in [-0.05, 0) is 88.2 Å². The molecule has 0 atom stereocenters. The summed E-state index contributed by atoms with van der Waals surface area (Å²) in [6.07, 6.45) is 30.0. The Morgan fingerprint density at radius 1 is 0.429 bits per heavy atom. The minimum Gasteiger partial charge on any atom is -0.369 e. The molecule has 0 fully saturated rings. The maximum Gasteiger partial charge on any atom is 0.158 e. The van der Waals surface area contributed by atoms with Crippen molar-refractivity contribution in [3.63, 3.8) is 0 Å². The molecule has 0 saturated heterocycles. The van der Waals surface area contributed by atoms with Crippen LogP contribution in [0.3, 0.4) is 0 Å². The Hall–Kier alpha value is -2.38. The molecule has 6 nitrogen and oxygen atoms in total. The molecule has 56 heavy (non-hydrogen) atoms. The number of rotatable bonds is 39. The molecule has 2 aromatic rings. The van der Waals surface area contributed by atoms with Crippen molar-refractivity contribution in [1.29, 1.82) is 0 Å². The highest BCUT2D eigenvalue weighted by atomic mass is 16.5. The van der Waals surface area contributed by atoms with Gasteiger partial charge in [-0.15, -0.1) is 0 Å². The van der Waals surface area contributed by atoms with Crippen LogP contribution in [0.1, 0.15) is 179 Å². The van der Waals surface area contributed by atoms with Crippen molar-refractivity contribution in [3.8, 4) is 11.1 Å². The van der Waals surface area contributed by atoms with Crippen LogP contribution in [0.15, 0.2) is 48.5 Å². The molecule has 0 N–H and O–H groups in total. The third kappa shape index (κ3) is 25.8. The van der Waals surface area contributed by atoms with Gasteiger partial charge in [0.25, 0.3) is 0 Å². The third-order valence-corrected chi connectivity index (χ3v) is 11.1. The Kier molecular flexibility index (Phi) is 30.8. The molecule has 6 heteroatoms. The predicted octanol–water partition coefficient (Wildman–Crippen LogP) is 12.8. The summed E-state index contributed by atoms with van der Waals surface area (Å²) in [5.41, 5.74) is 4.23. The lowest BCUT2D eigenvalue weighted by molar-refractivity contribution is -0.124. The van der Waals surface area contributed by atoms with Crippen LogP contribution >= 0.6 is 0 Å². The zero-order valence-electron chi connectivity index (χ0n) is 36.8. The van der Waals surface area contributed by atoms with E-state index in [4.69, 9.17) is 9.47 Å². The lowest BCUT2D eigenvalue weighted by Gasteiger charge is -2.16. The van der Waals surface area contributed by atoms with Crippen LogP contribution < -0.4 is 0 Å². The number of ketones is 2. The van der Waals surface area contributed by atoms with Gasteiger partial charge in [0.15, 0.2) is 11.6 Å². The first kappa shape index (κ1) is 49.8. The van der Waals surface area contributed by atoms with Crippen LogP contribution in [-0.2, 0) is 32.3 Å². The maximum absolute atomic E-state index is 12.7. The van der Waals surface area contributed by atoms with Crippen LogP contribution in [-0.4, -0.2) is 74.9 Å². The van der Waals surface area contributed by atoms with E-state index < -0.39 is 0 Å². The summed E-state index contributed by atoms with van der Waals surface area (Å²) in [6.45, 7) is 9.70. The van der Waals surface area contributed by atoms with E-state index in [2.05, 4.69) is 62.0 Å². The van der Waals surface area contributed by atoms with Crippen molar-refractivity contribution in [2.45, 2.75) is 181 Å². The van der Waals surface area contributed by atoms with Gasteiger partial charge in [0, 0.05) is 12.8 Å². The number of hydrogen-bond donors (Lipinski definition) is 0. The van der Waals surface area contributed by atoms with E-state index in [1.54, 1.807) is 0 Å². The smallest absolute Gasteiger partial charge is 0.158 e. The summed E-state index contributed by atoms with van der Waals surface area (Å²) in [6, 6.07) is 16.4. The molecule has 0 spiro atoms. The molecule has 318 valence electrons. The van der Waals surface area contributed by atoms with Crippen molar-refractivity contribution in [1.82, 2.24) is 9.80 Å². The van der Waals surface area contributed by atoms with E-state index in [1.165, 1.54) is 128 Å². The predicted molar refractivity (Wildman–Crippen MR) is 238 cm³/mol. The fraction of sp³-hybridized carbons (Fsp3) is 0.720. The van der Waals surface area contributed by atoms with Crippen molar-refractivity contribution >= 4 is 11.6 Å². The Balaban J connectivity index is 1.60. The molecule has 0 heterocycles. The zero-order valence-corrected chi connectivity index (χ0v) is 36.8. The summed E-state index contributed by atoms with van der Waals surface area (Å²) < 4.78 is 11.9. The summed E-state index contributed by atoms with van der Waals surface area (Å²) >= 11 is 0. The lowest BCUT2D eigenvalue weighted by Crippen LogP contribution is -2.22. The molecule has 0 amide bonds. The first-order valence-electron chi connectivity index (χ1n) is 23.2. The standard InChI is InChI=1S/C50H84N2O4/c1-5-7-9-11-13-15-17-19-21-27-37-51(3)39-29-33-47(53)43-55-41-45-31-23-25-35-49(45)50-36-26-24-32-46(50)42-56-44-48(54)34-30-40-52(4)38-28-22-20-18-16-14-12-10-8-6-2/h23-26,31-32,35-36H,5-22,27-30,33-34,37-44H2,1-4H3. The average Bonchev–Trinajstić information content (AvgIpc) is 3.19. The lowest BCUT2D eigenvalue weighted by atomic mass is 9.96. The quantitative estimate of drug-likeness (QED) is 0.0630. The van der Waals surface area contributed by atoms with Crippen molar-refractivity contribution < 1.29 is 19.1 Å². The minimum absolute atomic E-state index is 0.137. The van der Waals surface area contributed by atoms with Gasteiger partial charge in [-0.3, -0.25) is 9.59 Å². The summed E-state index contributed by atoms with van der Waals surface area (Å²) in [7, 11) is 4.35. The summed E-state index contributed by atoms with van der Waals surface area (Å²) in [5.74, 6) is 0.322. The van der Waals surface area contributed by atoms with Gasteiger partial charge in [-0.25, -0.2) is 0 Å². The van der Waals surface area contributed by atoms with Gasteiger partial charge >= 0.3 is 0 Å². The van der Waals surface area contributed by atoms with Crippen LogP contribution in [0.4, 0.5) is 0 Å². The van der Waals surface area contributed by atoms with Crippen LogP contribution in [0.2, 0.25) is 0 Å².